The van der Waals surface area contributed by atoms with Crippen LogP contribution in [-0.4, -0.2) is 6.04 Å². The van der Waals surface area contributed by atoms with Crippen molar-refractivity contribution in [2.45, 2.75) is 64.3 Å². The summed E-state index contributed by atoms with van der Waals surface area (Å²) in [6.45, 7) is 2.25. The van der Waals surface area contributed by atoms with Crippen molar-refractivity contribution in [3.8, 4) is 0 Å². The molecule has 1 nitrogen and oxygen atoms in total. The number of hydrogen-bond donors (Lipinski definition) is 1. The zero-order valence-electron chi connectivity index (χ0n) is 8.89. The van der Waals surface area contributed by atoms with Gasteiger partial charge in [0.05, 0.1) is 0 Å². The maximum absolute atomic E-state index is 6.24. The molecule has 0 aromatic heterocycles. The quantitative estimate of drug-likeness (QED) is 0.711. The third-order valence-electron chi connectivity index (χ3n) is 4.48. The average Bonchev–Trinajstić information content (AvgIpc) is 2.52. The Bertz CT molecular complexity index is 170. The molecule has 1 spiro atoms. The first-order chi connectivity index (χ1) is 6.28. The molecule has 2 aliphatic rings. The van der Waals surface area contributed by atoms with Crippen molar-refractivity contribution in [2.75, 3.05) is 0 Å². The molecular formula is C12H23N. The Morgan fingerprint density at radius 3 is 2.46 bits per heavy atom. The summed E-state index contributed by atoms with van der Waals surface area (Å²) in [7, 11) is 0. The fraction of sp³-hybridized carbons (Fsp3) is 1.00. The average molecular weight is 181 g/mol. The predicted octanol–water partition coefficient (Wildman–Crippen LogP) is 3.08. The van der Waals surface area contributed by atoms with E-state index in [1.807, 2.05) is 0 Å². The summed E-state index contributed by atoms with van der Waals surface area (Å²) in [5, 5.41) is 0. The second kappa shape index (κ2) is 3.61. The van der Waals surface area contributed by atoms with E-state index >= 15 is 0 Å². The molecular weight excluding hydrogens is 158 g/mol. The zero-order chi connectivity index (χ0) is 9.31. The van der Waals surface area contributed by atoms with E-state index in [0.29, 0.717) is 6.04 Å². The smallest absolute Gasteiger partial charge is 0.00723 e. The Labute approximate surface area is 82.1 Å². The van der Waals surface area contributed by atoms with Crippen LogP contribution in [0.25, 0.3) is 0 Å². The normalized spacial score (nSPS) is 33.2. The van der Waals surface area contributed by atoms with Gasteiger partial charge in [0.2, 0.25) is 0 Å². The molecule has 0 heterocycles. The highest BCUT2D eigenvalue weighted by molar-refractivity contribution is 5.01. The van der Waals surface area contributed by atoms with Gasteiger partial charge in [-0.2, -0.15) is 0 Å². The molecule has 2 unspecified atom stereocenters. The van der Waals surface area contributed by atoms with Gasteiger partial charge in [0, 0.05) is 6.04 Å². The molecule has 0 aromatic rings. The minimum absolute atomic E-state index is 0.511. The van der Waals surface area contributed by atoms with Crippen LogP contribution in [0.3, 0.4) is 0 Å². The van der Waals surface area contributed by atoms with Crippen molar-refractivity contribution in [1.29, 1.82) is 0 Å². The monoisotopic (exact) mass is 181 g/mol. The summed E-state index contributed by atoms with van der Waals surface area (Å²) in [5.74, 6) is 0.884. The second-order valence-corrected chi connectivity index (χ2v) is 5.17. The first-order valence-electron chi connectivity index (χ1n) is 6.04. The molecule has 2 fully saturated rings. The van der Waals surface area contributed by atoms with Crippen LogP contribution in [0, 0.1) is 11.3 Å². The van der Waals surface area contributed by atoms with Crippen LogP contribution in [0.15, 0.2) is 0 Å². The third-order valence-corrected chi connectivity index (χ3v) is 4.48. The molecule has 2 aliphatic carbocycles. The number of rotatable bonds is 3. The van der Waals surface area contributed by atoms with E-state index < -0.39 is 0 Å². The molecule has 1 heteroatoms. The standard InChI is InChI=1S/C12H23N/c1-2-5-11(13)10-6-9-12(10)7-3-4-8-12/h10-11H,2-9,13H2,1H3. The summed E-state index contributed by atoms with van der Waals surface area (Å²) >= 11 is 0. The van der Waals surface area contributed by atoms with Crippen molar-refractivity contribution in [3.05, 3.63) is 0 Å². The zero-order valence-corrected chi connectivity index (χ0v) is 8.89. The van der Waals surface area contributed by atoms with Gasteiger partial charge in [0.1, 0.15) is 0 Å². The number of hydrogen-bond acceptors (Lipinski definition) is 1. The lowest BCUT2D eigenvalue weighted by Crippen LogP contribution is -2.48. The topological polar surface area (TPSA) is 26.0 Å². The molecule has 0 aliphatic heterocycles. The van der Waals surface area contributed by atoms with Gasteiger partial charge in [0.15, 0.2) is 0 Å². The van der Waals surface area contributed by atoms with Crippen molar-refractivity contribution in [1.82, 2.24) is 0 Å². The molecule has 76 valence electrons. The van der Waals surface area contributed by atoms with Gasteiger partial charge in [-0.3, -0.25) is 0 Å². The SMILES string of the molecule is CCCC(N)C1CCC12CCCC2. The molecule has 0 aromatic carbocycles. The largest absolute Gasteiger partial charge is 0.327 e. The maximum Gasteiger partial charge on any atom is 0.00723 e. The summed E-state index contributed by atoms with van der Waals surface area (Å²) in [6, 6.07) is 0.511. The molecule has 2 atom stereocenters. The molecule has 0 saturated heterocycles. The van der Waals surface area contributed by atoms with Gasteiger partial charge >= 0.3 is 0 Å². The van der Waals surface area contributed by atoms with Crippen molar-refractivity contribution >= 4 is 0 Å². The molecule has 0 amide bonds. The Hall–Kier alpha value is -0.0400. The van der Waals surface area contributed by atoms with Crippen LogP contribution in [0.2, 0.25) is 0 Å². The summed E-state index contributed by atoms with van der Waals surface area (Å²) in [5.41, 5.74) is 6.97. The summed E-state index contributed by atoms with van der Waals surface area (Å²) < 4.78 is 0. The lowest BCUT2D eigenvalue weighted by atomic mass is 9.56. The summed E-state index contributed by atoms with van der Waals surface area (Å²) in [6.07, 6.45) is 11.3. The predicted molar refractivity (Wildman–Crippen MR) is 56.5 cm³/mol. The fourth-order valence-corrected chi connectivity index (χ4v) is 3.62. The highest BCUT2D eigenvalue weighted by Crippen LogP contribution is 2.58. The van der Waals surface area contributed by atoms with Crippen molar-refractivity contribution < 1.29 is 0 Å². The van der Waals surface area contributed by atoms with E-state index in [0.717, 1.165) is 11.3 Å². The van der Waals surface area contributed by atoms with Gasteiger partial charge in [-0.15, -0.1) is 0 Å². The van der Waals surface area contributed by atoms with Crippen molar-refractivity contribution in [2.24, 2.45) is 17.1 Å². The maximum atomic E-state index is 6.24. The third kappa shape index (κ3) is 1.52. The van der Waals surface area contributed by atoms with E-state index in [9.17, 15) is 0 Å². The highest BCUT2D eigenvalue weighted by atomic mass is 14.7. The van der Waals surface area contributed by atoms with Crippen LogP contribution < -0.4 is 5.73 Å². The molecule has 13 heavy (non-hydrogen) atoms. The molecule has 2 N–H and O–H groups in total. The van der Waals surface area contributed by atoms with Gasteiger partial charge in [-0.1, -0.05) is 26.2 Å². The lowest BCUT2D eigenvalue weighted by molar-refractivity contribution is 0.0151. The highest BCUT2D eigenvalue weighted by Gasteiger charge is 2.49. The molecule has 2 saturated carbocycles. The van der Waals surface area contributed by atoms with Crippen LogP contribution in [-0.2, 0) is 0 Å². The first-order valence-corrected chi connectivity index (χ1v) is 6.04. The van der Waals surface area contributed by atoms with E-state index in [2.05, 4.69) is 6.92 Å². The Balaban J connectivity index is 1.93. The second-order valence-electron chi connectivity index (χ2n) is 5.17. The van der Waals surface area contributed by atoms with Crippen molar-refractivity contribution in [3.63, 3.8) is 0 Å². The van der Waals surface area contributed by atoms with Crippen LogP contribution in [0.4, 0.5) is 0 Å². The Kier molecular flexibility index (Phi) is 2.64. The molecule has 0 bridgehead atoms. The Morgan fingerprint density at radius 2 is 2.00 bits per heavy atom. The van der Waals surface area contributed by atoms with Gasteiger partial charge < -0.3 is 5.73 Å². The van der Waals surface area contributed by atoms with Gasteiger partial charge in [-0.05, 0) is 43.4 Å². The van der Waals surface area contributed by atoms with Crippen LogP contribution >= 0.6 is 0 Å². The van der Waals surface area contributed by atoms with Gasteiger partial charge in [-0.25, -0.2) is 0 Å². The van der Waals surface area contributed by atoms with E-state index in [4.69, 9.17) is 5.73 Å². The van der Waals surface area contributed by atoms with E-state index in [1.54, 1.807) is 0 Å². The van der Waals surface area contributed by atoms with E-state index in [1.165, 1.54) is 51.4 Å². The van der Waals surface area contributed by atoms with E-state index in [-0.39, 0.29) is 0 Å². The molecule has 0 radical (unpaired) electrons. The Morgan fingerprint density at radius 1 is 1.31 bits per heavy atom. The first kappa shape index (κ1) is 9.51. The minimum Gasteiger partial charge on any atom is -0.327 e. The minimum atomic E-state index is 0.511. The van der Waals surface area contributed by atoms with Gasteiger partial charge in [0.25, 0.3) is 0 Å². The lowest BCUT2D eigenvalue weighted by Gasteiger charge is -2.50. The van der Waals surface area contributed by atoms with Crippen LogP contribution in [0.1, 0.15) is 58.3 Å². The number of nitrogens with two attached hydrogens (primary N) is 1. The summed E-state index contributed by atoms with van der Waals surface area (Å²) in [4.78, 5) is 0. The van der Waals surface area contributed by atoms with Crippen LogP contribution in [0.5, 0.6) is 0 Å². The molecule has 2 rings (SSSR count). The fourth-order valence-electron chi connectivity index (χ4n) is 3.62.